The van der Waals surface area contributed by atoms with E-state index in [4.69, 9.17) is 5.11 Å². The quantitative estimate of drug-likeness (QED) is 0.654. The molecule has 4 N–H and O–H groups in total. The highest BCUT2D eigenvalue weighted by atomic mass is 79.9. The van der Waals surface area contributed by atoms with Gasteiger partial charge >= 0.3 is 5.97 Å². The van der Waals surface area contributed by atoms with Crippen LogP contribution >= 0.6 is 15.9 Å². The van der Waals surface area contributed by atoms with Crippen LogP contribution in [0.3, 0.4) is 0 Å². The summed E-state index contributed by atoms with van der Waals surface area (Å²) in [5, 5.41) is 29.7. The van der Waals surface area contributed by atoms with Crippen molar-refractivity contribution in [3.05, 3.63) is 28.2 Å². The Morgan fingerprint density at radius 1 is 1.39 bits per heavy atom. The number of phenols is 1. The molecule has 0 spiro atoms. The van der Waals surface area contributed by atoms with Gasteiger partial charge in [0.1, 0.15) is 5.75 Å². The van der Waals surface area contributed by atoms with Gasteiger partial charge in [-0.1, -0.05) is 15.9 Å². The van der Waals surface area contributed by atoms with Crippen LogP contribution < -0.4 is 5.32 Å². The largest absolute Gasteiger partial charge is 0.507 e. The van der Waals surface area contributed by atoms with Crippen LogP contribution in [0.2, 0.25) is 0 Å². The second-order valence-electron chi connectivity index (χ2n) is 3.69. The molecule has 0 aliphatic rings. The number of halogens is 1. The fraction of sp³-hybridized carbons (Fsp3) is 0.273. The normalized spacial score (nSPS) is 13.7. The highest BCUT2D eigenvalue weighted by Crippen LogP contribution is 2.22. The van der Waals surface area contributed by atoms with Crippen LogP contribution in [-0.4, -0.2) is 39.3 Å². The number of nitrogens with one attached hydrogen (secondary N) is 1. The summed E-state index contributed by atoms with van der Waals surface area (Å²) in [4.78, 5) is 22.5. The lowest BCUT2D eigenvalue weighted by Gasteiger charge is -2.17. The van der Waals surface area contributed by atoms with Gasteiger partial charge in [-0.05, 0) is 25.1 Å². The van der Waals surface area contributed by atoms with Crippen LogP contribution in [0.5, 0.6) is 5.75 Å². The molecule has 18 heavy (non-hydrogen) atoms. The molecule has 6 nitrogen and oxygen atoms in total. The van der Waals surface area contributed by atoms with Crippen molar-refractivity contribution in [1.82, 2.24) is 5.32 Å². The molecule has 1 aromatic rings. The molecule has 0 radical (unpaired) electrons. The molecule has 0 aliphatic carbocycles. The van der Waals surface area contributed by atoms with E-state index in [1.54, 1.807) is 0 Å². The third-order valence-corrected chi connectivity index (χ3v) is 2.73. The van der Waals surface area contributed by atoms with E-state index in [1.807, 2.05) is 0 Å². The maximum atomic E-state index is 11.7. The summed E-state index contributed by atoms with van der Waals surface area (Å²) in [7, 11) is 0. The number of aliphatic carboxylic acids is 1. The van der Waals surface area contributed by atoms with Gasteiger partial charge < -0.3 is 20.6 Å². The third-order valence-electron chi connectivity index (χ3n) is 2.24. The van der Waals surface area contributed by atoms with Crippen LogP contribution in [0, 0.1) is 0 Å². The van der Waals surface area contributed by atoms with E-state index >= 15 is 0 Å². The summed E-state index contributed by atoms with van der Waals surface area (Å²) in [6.07, 6.45) is -1.25. The zero-order valence-corrected chi connectivity index (χ0v) is 11.0. The predicted molar refractivity (Wildman–Crippen MR) is 66.4 cm³/mol. The van der Waals surface area contributed by atoms with Gasteiger partial charge in [0, 0.05) is 4.47 Å². The summed E-state index contributed by atoms with van der Waals surface area (Å²) in [6, 6.07) is 2.76. The standard InChI is InChI=1S/C11H12BrNO5/c1-5(14)9(11(17)18)13-10(16)7-3-2-6(12)4-8(7)15/h2-5,9,14-15H,1H3,(H,13,16)(H,17,18). The molecule has 0 aromatic heterocycles. The Hall–Kier alpha value is -1.60. The minimum Gasteiger partial charge on any atom is -0.507 e. The van der Waals surface area contributed by atoms with Crippen molar-refractivity contribution < 1.29 is 24.9 Å². The maximum absolute atomic E-state index is 11.7. The first-order valence-electron chi connectivity index (χ1n) is 5.03. The van der Waals surface area contributed by atoms with Gasteiger partial charge in [0.15, 0.2) is 6.04 Å². The zero-order chi connectivity index (χ0) is 13.9. The Kier molecular flexibility index (Phi) is 4.69. The Bertz CT molecular complexity index is 475. The van der Waals surface area contributed by atoms with E-state index < -0.39 is 24.0 Å². The number of rotatable bonds is 4. The molecule has 1 rings (SSSR count). The maximum Gasteiger partial charge on any atom is 0.328 e. The Labute approximate surface area is 111 Å². The highest BCUT2D eigenvalue weighted by molar-refractivity contribution is 9.10. The van der Waals surface area contributed by atoms with Gasteiger partial charge in [0.05, 0.1) is 11.7 Å². The van der Waals surface area contributed by atoms with Crippen molar-refractivity contribution in [2.24, 2.45) is 0 Å². The number of carbonyl (C=O) groups excluding carboxylic acids is 1. The van der Waals surface area contributed by atoms with E-state index in [1.165, 1.54) is 25.1 Å². The summed E-state index contributed by atoms with van der Waals surface area (Å²) >= 11 is 3.12. The number of hydrogen-bond acceptors (Lipinski definition) is 4. The van der Waals surface area contributed by atoms with Crippen molar-refractivity contribution in [2.75, 3.05) is 0 Å². The van der Waals surface area contributed by atoms with Crippen molar-refractivity contribution in [2.45, 2.75) is 19.1 Å². The van der Waals surface area contributed by atoms with E-state index in [9.17, 15) is 19.8 Å². The van der Waals surface area contributed by atoms with Crippen LogP contribution in [0.15, 0.2) is 22.7 Å². The number of carboxylic acid groups (broad SMARTS) is 1. The average molecular weight is 318 g/mol. The molecule has 2 unspecified atom stereocenters. The molecule has 0 bridgehead atoms. The fourth-order valence-electron chi connectivity index (χ4n) is 1.30. The predicted octanol–water partition coefficient (Wildman–Crippen LogP) is 0.718. The third kappa shape index (κ3) is 3.44. The number of aliphatic hydroxyl groups is 1. The topological polar surface area (TPSA) is 107 Å². The SMILES string of the molecule is CC(O)C(NC(=O)c1ccc(Br)cc1O)C(=O)O. The summed E-state index contributed by atoms with van der Waals surface area (Å²) < 4.78 is 0.585. The highest BCUT2D eigenvalue weighted by Gasteiger charge is 2.26. The van der Waals surface area contributed by atoms with E-state index in [2.05, 4.69) is 21.2 Å². The van der Waals surface area contributed by atoms with Gasteiger partial charge in [-0.15, -0.1) is 0 Å². The number of hydrogen-bond donors (Lipinski definition) is 4. The first-order valence-corrected chi connectivity index (χ1v) is 5.82. The monoisotopic (exact) mass is 317 g/mol. The van der Waals surface area contributed by atoms with Gasteiger partial charge in [0.2, 0.25) is 0 Å². The van der Waals surface area contributed by atoms with E-state index in [-0.39, 0.29) is 11.3 Å². The lowest BCUT2D eigenvalue weighted by Crippen LogP contribution is -2.47. The Morgan fingerprint density at radius 3 is 2.44 bits per heavy atom. The first-order chi connectivity index (χ1) is 8.32. The van der Waals surface area contributed by atoms with Gasteiger partial charge in [0.25, 0.3) is 5.91 Å². The number of amides is 1. The number of carboxylic acids is 1. The molecule has 0 heterocycles. The summed E-state index contributed by atoms with van der Waals surface area (Å²) in [5.74, 6) is -2.40. The molecule has 98 valence electrons. The van der Waals surface area contributed by atoms with E-state index in [0.717, 1.165) is 0 Å². The Balaban J connectivity index is 2.91. The molecule has 1 aromatic carbocycles. The van der Waals surface area contributed by atoms with Crippen LogP contribution in [0.1, 0.15) is 17.3 Å². The minimum absolute atomic E-state index is 0.0647. The van der Waals surface area contributed by atoms with Crippen LogP contribution in [0.25, 0.3) is 0 Å². The minimum atomic E-state index is -1.43. The Morgan fingerprint density at radius 2 is 2.00 bits per heavy atom. The lowest BCUT2D eigenvalue weighted by atomic mass is 10.1. The molecular formula is C11H12BrNO5. The molecule has 0 saturated heterocycles. The zero-order valence-electron chi connectivity index (χ0n) is 9.42. The number of aliphatic hydroxyl groups excluding tert-OH is 1. The summed E-state index contributed by atoms with van der Waals surface area (Å²) in [6.45, 7) is 1.25. The molecule has 0 aliphatic heterocycles. The number of aromatic hydroxyl groups is 1. The second-order valence-corrected chi connectivity index (χ2v) is 4.61. The van der Waals surface area contributed by atoms with Crippen LogP contribution in [0.4, 0.5) is 0 Å². The van der Waals surface area contributed by atoms with Crippen LogP contribution in [-0.2, 0) is 4.79 Å². The lowest BCUT2D eigenvalue weighted by molar-refractivity contribution is -0.141. The van der Waals surface area contributed by atoms with Crippen molar-refractivity contribution in [1.29, 1.82) is 0 Å². The second kappa shape index (κ2) is 5.83. The molecule has 2 atom stereocenters. The number of phenolic OH excluding ortho intramolecular Hbond substituents is 1. The van der Waals surface area contributed by atoms with Gasteiger partial charge in [-0.25, -0.2) is 4.79 Å². The number of carbonyl (C=O) groups is 2. The fourth-order valence-corrected chi connectivity index (χ4v) is 1.65. The molecular weight excluding hydrogens is 306 g/mol. The smallest absolute Gasteiger partial charge is 0.328 e. The first kappa shape index (κ1) is 14.5. The molecule has 1 amide bonds. The van der Waals surface area contributed by atoms with Gasteiger partial charge in [-0.3, -0.25) is 4.79 Å². The average Bonchev–Trinajstić information content (AvgIpc) is 2.24. The van der Waals surface area contributed by atoms with Crippen molar-refractivity contribution >= 4 is 27.8 Å². The number of benzene rings is 1. The molecule has 0 saturated carbocycles. The van der Waals surface area contributed by atoms with Crippen molar-refractivity contribution in [3.8, 4) is 5.75 Å². The van der Waals surface area contributed by atoms with E-state index in [0.29, 0.717) is 4.47 Å². The van der Waals surface area contributed by atoms with Crippen molar-refractivity contribution in [3.63, 3.8) is 0 Å². The molecule has 7 heteroatoms. The molecule has 0 fully saturated rings. The van der Waals surface area contributed by atoms with Gasteiger partial charge in [-0.2, -0.15) is 0 Å². The summed E-state index contributed by atoms with van der Waals surface area (Å²) in [5.41, 5.74) is -0.0647.